The van der Waals surface area contributed by atoms with Gasteiger partial charge >= 0.3 is 0 Å². The van der Waals surface area contributed by atoms with Gasteiger partial charge in [-0.15, -0.1) is 0 Å². The lowest BCUT2D eigenvalue weighted by Crippen LogP contribution is -2.15. The van der Waals surface area contributed by atoms with Gasteiger partial charge < -0.3 is 9.47 Å². The van der Waals surface area contributed by atoms with Crippen molar-refractivity contribution < 1.29 is 13.9 Å². The largest absolute Gasteiger partial charge is 0.486 e. The Balaban J connectivity index is 2.54. The molecule has 2 rings (SSSR count). The molecule has 1 aromatic carbocycles. The summed E-state index contributed by atoms with van der Waals surface area (Å²) in [5.41, 5.74) is 0. The molecule has 0 spiro atoms. The molecule has 0 N–H and O–H groups in total. The van der Waals surface area contributed by atoms with E-state index in [9.17, 15) is 4.39 Å². The van der Waals surface area contributed by atoms with Gasteiger partial charge in [-0.2, -0.15) is 0 Å². The smallest absolute Gasteiger partial charge is 0.182 e. The molecule has 2 nitrogen and oxygen atoms in total. The van der Waals surface area contributed by atoms with E-state index in [1.807, 2.05) is 0 Å². The summed E-state index contributed by atoms with van der Waals surface area (Å²) in [6, 6.07) is 2.77. The molecule has 4 heteroatoms. The molecule has 0 saturated carbocycles. The molecule has 1 aliphatic rings. The quantitative estimate of drug-likeness (QED) is 0.622. The van der Waals surface area contributed by atoms with Gasteiger partial charge in [-0.05, 0) is 12.1 Å². The Kier molecular flexibility index (Phi) is 1.81. The first-order chi connectivity index (χ1) is 5.79. The predicted molar refractivity (Wildman–Crippen MR) is 42.4 cm³/mol. The van der Waals surface area contributed by atoms with Crippen LogP contribution in [0.5, 0.6) is 11.5 Å². The normalized spacial score (nSPS) is 14.5. The monoisotopic (exact) mass is 188 g/mol. The van der Waals surface area contributed by atoms with Crippen molar-refractivity contribution >= 4 is 11.6 Å². The Morgan fingerprint density at radius 2 is 2.00 bits per heavy atom. The SMILES string of the molecule is Fc1ccc2c(c1Cl)OCCO2. The van der Waals surface area contributed by atoms with Crippen LogP contribution in [0.25, 0.3) is 0 Å². The van der Waals surface area contributed by atoms with Gasteiger partial charge in [0, 0.05) is 0 Å². The van der Waals surface area contributed by atoms with E-state index in [-0.39, 0.29) is 5.02 Å². The summed E-state index contributed by atoms with van der Waals surface area (Å²) in [6.07, 6.45) is 0. The summed E-state index contributed by atoms with van der Waals surface area (Å²) in [6.45, 7) is 0.894. The van der Waals surface area contributed by atoms with Crippen LogP contribution in [-0.4, -0.2) is 13.2 Å². The topological polar surface area (TPSA) is 18.5 Å². The summed E-state index contributed by atoms with van der Waals surface area (Å²) in [4.78, 5) is 0. The van der Waals surface area contributed by atoms with Crippen molar-refractivity contribution in [2.24, 2.45) is 0 Å². The Morgan fingerprint density at radius 1 is 1.25 bits per heavy atom. The first kappa shape index (κ1) is 7.68. The molecule has 0 aliphatic carbocycles. The zero-order valence-electron chi connectivity index (χ0n) is 6.14. The molecule has 0 unspecified atom stereocenters. The third kappa shape index (κ3) is 1.10. The van der Waals surface area contributed by atoms with Crippen molar-refractivity contribution in [3.63, 3.8) is 0 Å². The van der Waals surface area contributed by atoms with Crippen LogP contribution in [0.15, 0.2) is 12.1 Å². The minimum Gasteiger partial charge on any atom is -0.486 e. The van der Waals surface area contributed by atoms with Crippen LogP contribution in [0.2, 0.25) is 5.02 Å². The van der Waals surface area contributed by atoms with Crippen molar-refractivity contribution in [1.82, 2.24) is 0 Å². The predicted octanol–water partition coefficient (Wildman–Crippen LogP) is 2.25. The Labute approximate surface area is 73.9 Å². The van der Waals surface area contributed by atoms with E-state index in [2.05, 4.69) is 0 Å². The Bertz CT molecular complexity index is 314. The standard InChI is InChI=1S/C8H6ClFO2/c9-7-5(10)1-2-6-8(7)12-4-3-11-6/h1-2H,3-4H2. The molecule has 0 fully saturated rings. The van der Waals surface area contributed by atoms with Crippen molar-refractivity contribution in [1.29, 1.82) is 0 Å². The second kappa shape index (κ2) is 2.83. The molecule has 64 valence electrons. The number of ether oxygens (including phenoxy) is 2. The van der Waals surface area contributed by atoms with E-state index in [0.29, 0.717) is 24.7 Å². The maximum absolute atomic E-state index is 12.8. The van der Waals surface area contributed by atoms with Gasteiger partial charge in [-0.3, -0.25) is 0 Å². The number of halogens is 2. The third-order valence-electron chi connectivity index (χ3n) is 1.60. The number of benzene rings is 1. The molecule has 1 aromatic rings. The first-order valence-electron chi connectivity index (χ1n) is 3.52. The molecule has 0 saturated heterocycles. The number of fused-ring (bicyclic) bond motifs is 1. The maximum Gasteiger partial charge on any atom is 0.182 e. The minimum atomic E-state index is -0.485. The zero-order valence-corrected chi connectivity index (χ0v) is 6.90. The van der Waals surface area contributed by atoms with Gasteiger partial charge in [-0.1, -0.05) is 11.6 Å². The average molecular weight is 189 g/mol. The van der Waals surface area contributed by atoms with Gasteiger partial charge in [-0.25, -0.2) is 4.39 Å². The molecule has 1 heterocycles. The molecule has 12 heavy (non-hydrogen) atoms. The van der Waals surface area contributed by atoms with Crippen LogP contribution in [0.3, 0.4) is 0 Å². The summed E-state index contributed by atoms with van der Waals surface area (Å²) in [7, 11) is 0. The fourth-order valence-electron chi connectivity index (χ4n) is 1.06. The molecule has 0 bridgehead atoms. The third-order valence-corrected chi connectivity index (χ3v) is 1.95. The van der Waals surface area contributed by atoms with Gasteiger partial charge in [0.15, 0.2) is 11.5 Å². The van der Waals surface area contributed by atoms with Crippen LogP contribution < -0.4 is 9.47 Å². The number of hydrogen-bond donors (Lipinski definition) is 0. The van der Waals surface area contributed by atoms with E-state index < -0.39 is 5.82 Å². The fraction of sp³-hybridized carbons (Fsp3) is 0.250. The molecule has 0 radical (unpaired) electrons. The van der Waals surface area contributed by atoms with Crippen LogP contribution >= 0.6 is 11.6 Å². The van der Waals surface area contributed by atoms with Gasteiger partial charge in [0.1, 0.15) is 24.1 Å². The van der Waals surface area contributed by atoms with E-state index in [1.165, 1.54) is 12.1 Å². The average Bonchev–Trinajstić information content (AvgIpc) is 2.12. The van der Waals surface area contributed by atoms with E-state index in [4.69, 9.17) is 21.1 Å². The fourth-order valence-corrected chi connectivity index (χ4v) is 1.27. The maximum atomic E-state index is 12.8. The Morgan fingerprint density at radius 3 is 2.83 bits per heavy atom. The Hall–Kier alpha value is -0.960. The highest BCUT2D eigenvalue weighted by Gasteiger charge is 2.17. The van der Waals surface area contributed by atoms with Gasteiger partial charge in [0.2, 0.25) is 0 Å². The van der Waals surface area contributed by atoms with Gasteiger partial charge in [0.25, 0.3) is 0 Å². The van der Waals surface area contributed by atoms with Crippen LogP contribution in [0, 0.1) is 5.82 Å². The van der Waals surface area contributed by atoms with Crippen molar-refractivity contribution in [3.8, 4) is 11.5 Å². The molecular weight excluding hydrogens is 183 g/mol. The molecule has 1 aliphatic heterocycles. The first-order valence-corrected chi connectivity index (χ1v) is 3.90. The van der Waals surface area contributed by atoms with Crippen molar-refractivity contribution in [3.05, 3.63) is 23.0 Å². The number of rotatable bonds is 0. The molecule has 0 aromatic heterocycles. The van der Waals surface area contributed by atoms with Crippen LogP contribution in [-0.2, 0) is 0 Å². The minimum absolute atomic E-state index is 0.00722. The van der Waals surface area contributed by atoms with Crippen molar-refractivity contribution in [2.45, 2.75) is 0 Å². The number of hydrogen-bond acceptors (Lipinski definition) is 2. The second-order valence-corrected chi connectivity index (χ2v) is 2.76. The van der Waals surface area contributed by atoms with E-state index in [0.717, 1.165) is 0 Å². The van der Waals surface area contributed by atoms with Crippen LogP contribution in [0.4, 0.5) is 4.39 Å². The van der Waals surface area contributed by atoms with E-state index in [1.54, 1.807) is 0 Å². The summed E-state index contributed by atoms with van der Waals surface area (Å²) < 4.78 is 23.2. The highest BCUT2D eigenvalue weighted by Crippen LogP contribution is 2.38. The molecule has 0 atom stereocenters. The van der Waals surface area contributed by atoms with Gasteiger partial charge in [0.05, 0.1) is 0 Å². The second-order valence-electron chi connectivity index (χ2n) is 2.39. The highest BCUT2D eigenvalue weighted by molar-refractivity contribution is 6.32. The summed E-state index contributed by atoms with van der Waals surface area (Å²) >= 11 is 5.63. The molecular formula is C8H6ClFO2. The zero-order chi connectivity index (χ0) is 8.55. The lowest BCUT2D eigenvalue weighted by molar-refractivity contribution is 0.171. The lowest BCUT2D eigenvalue weighted by Gasteiger charge is -2.18. The highest BCUT2D eigenvalue weighted by atomic mass is 35.5. The van der Waals surface area contributed by atoms with E-state index >= 15 is 0 Å². The summed E-state index contributed by atoms with van der Waals surface area (Å²) in [5.74, 6) is 0.330. The van der Waals surface area contributed by atoms with Crippen molar-refractivity contribution in [2.75, 3.05) is 13.2 Å². The lowest BCUT2D eigenvalue weighted by atomic mass is 10.3. The van der Waals surface area contributed by atoms with Crippen LogP contribution in [0.1, 0.15) is 0 Å². The summed E-state index contributed by atoms with van der Waals surface area (Å²) in [5, 5.41) is -0.00722. The molecule has 0 amide bonds.